The minimum atomic E-state index is 0. The summed E-state index contributed by atoms with van der Waals surface area (Å²) in [6.07, 6.45) is 6.49. The van der Waals surface area contributed by atoms with Crippen LogP contribution in [0, 0.1) is 11.8 Å². The summed E-state index contributed by atoms with van der Waals surface area (Å²) >= 11 is 1.80. The predicted octanol–water partition coefficient (Wildman–Crippen LogP) is 4.00. The Kier molecular flexibility index (Phi) is 10.5. The molecule has 7 heteroatoms. The molecule has 0 spiro atoms. The van der Waals surface area contributed by atoms with E-state index in [0.29, 0.717) is 6.04 Å². The number of nitrogens with one attached hydrogen (secondary N) is 1. The van der Waals surface area contributed by atoms with Crippen molar-refractivity contribution >= 4 is 42.1 Å². The van der Waals surface area contributed by atoms with Crippen LogP contribution in [-0.2, 0) is 4.79 Å². The van der Waals surface area contributed by atoms with Crippen LogP contribution < -0.4 is 11.1 Å². The van der Waals surface area contributed by atoms with Crippen LogP contribution in [0.15, 0.2) is 17.5 Å². The van der Waals surface area contributed by atoms with Gasteiger partial charge in [0.1, 0.15) is 0 Å². The molecule has 2 fully saturated rings. The summed E-state index contributed by atoms with van der Waals surface area (Å²) in [7, 11) is 0. The van der Waals surface area contributed by atoms with Crippen LogP contribution in [0.4, 0.5) is 0 Å². The lowest BCUT2D eigenvalue weighted by molar-refractivity contribution is -0.126. The SMILES string of the molecule is CC1CCN(C(CNC(=O)C2CCCC(N)C2)c2cccs2)CC1.Cl.Cl. The topological polar surface area (TPSA) is 58.4 Å². The fraction of sp³-hybridized carbons (Fsp3) is 0.737. The van der Waals surface area contributed by atoms with Gasteiger partial charge < -0.3 is 11.1 Å². The van der Waals surface area contributed by atoms with Gasteiger partial charge in [-0.25, -0.2) is 0 Å². The number of nitrogens with zero attached hydrogens (tertiary/aromatic N) is 1. The van der Waals surface area contributed by atoms with E-state index in [9.17, 15) is 4.79 Å². The highest BCUT2D eigenvalue weighted by molar-refractivity contribution is 7.10. The molecule has 1 aliphatic heterocycles. The zero-order valence-corrected chi connectivity index (χ0v) is 18.0. The summed E-state index contributed by atoms with van der Waals surface area (Å²) in [6, 6.07) is 4.84. The van der Waals surface area contributed by atoms with Crippen molar-refractivity contribution in [3.63, 3.8) is 0 Å². The van der Waals surface area contributed by atoms with E-state index in [1.54, 1.807) is 11.3 Å². The van der Waals surface area contributed by atoms with Crippen molar-refractivity contribution in [2.24, 2.45) is 17.6 Å². The van der Waals surface area contributed by atoms with Gasteiger partial charge in [0, 0.05) is 23.4 Å². The Morgan fingerprint density at radius 2 is 2.04 bits per heavy atom. The zero-order valence-electron chi connectivity index (χ0n) is 15.6. The number of piperidine rings is 1. The summed E-state index contributed by atoms with van der Waals surface area (Å²) in [5, 5.41) is 5.38. The van der Waals surface area contributed by atoms with Gasteiger partial charge in [-0.1, -0.05) is 19.4 Å². The van der Waals surface area contributed by atoms with Crippen molar-refractivity contribution in [3.8, 4) is 0 Å². The van der Waals surface area contributed by atoms with Crippen molar-refractivity contribution in [2.45, 2.75) is 57.5 Å². The number of hydrogen-bond donors (Lipinski definition) is 2. The molecular weight excluding hydrogens is 389 g/mol. The molecular formula is C19H33Cl2N3OS. The Hall–Kier alpha value is -0.330. The lowest BCUT2D eigenvalue weighted by atomic mass is 9.85. The number of carbonyl (C=O) groups excluding carboxylic acids is 1. The second-order valence-corrected chi connectivity index (χ2v) is 8.60. The van der Waals surface area contributed by atoms with E-state index in [2.05, 4.69) is 34.7 Å². The van der Waals surface area contributed by atoms with Crippen molar-refractivity contribution < 1.29 is 4.79 Å². The first kappa shape index (κ1) is 23.7. The van der Waals surface area contributed by atoms with Gasteiger partial charge in [-0.2, -0.15) is 0 Å². The molecule has 2 aliphatic rings. The third kappa shape index (κ3) is 6.38. The third-order valence-corrected chi connectivity index (χ3v) is 6.66. The number of amides is 1. The molecule has 0 radical (unpaired) electrons. The maximum atomic E-state index is 12.6. The summed E-state index contributed by atoms with van der Waals surface area (Å²) in [5.41, 5.74) is 6.04. The quantitative estimate of drug-likeness (QED) is 0.754. The minimum absolute atomic E-state index is 0. The van der Waals surface area contributed by atoms with Crippen molar-refractivity contribution in [2.75, 3.05) is 19.6 Å². The van der Waals surface area contributed by atoms with Gasteiger partial charge in [-0.3, -0.25) is 9.69 Å². The number of rotatable bonds is 5. The molecule has 1 aromatic heterocycles. The Bertz CT molecular complexity index is 521. The van der Waals surface area contributed by atoms with Gasteiger partial charge in [-0.05, 0) is 62.6 Å². The Balaban J connectivity index is 0.00000169. The Morgan fingerprint density at radius 3 is 2.65 bits per heavy atom. The molecule has 3 unspecified atom stereocenters. The van der Waals surface area contributed by atoms with Gasteiger partial charge in [-0.15, -0.1) is 36.2 Å². The molecule has 2 heterocycles. The van der Waals surface area contributed by atoms with E-state index >= 15 is 0 Å². The molecule has 1 saturated heterocycles. The number of hydrogen-bond acceptors (Lipinski definition) is 4. The lowest BCUT2D eigenvalue weighted by Gasteiger charge is -2.36. The first-order valence-electron chi connectivity index (χ1n) is 9.44. The number of likely N-dealkylation sites (tertiary alicyclic amines) is 1. The molecule has 26 heavy (non-hydrogen) atoms. The molecule has 0 aromatic carbocycles. The first-order chi connectivity index (χ1) is 11.6. The molecule has 1 amide bonds. The zero-order chi connectivity index (χ0) is 16.9. The van der Waals surface area contributed by atoms with Crippen LogP contribution in [0.1, 0.15) is 56.4 Å². The highest BCUT2D eigenvalue weighted by atomic mass is 35.5. The fourth-order valence-electron chi connectivity index (χ4n) is 4.04. The Morgan fingerprint density at radius 1 is 1.31 bits per heavy atom. The summed E-state index contributed by atoms with van der Waals surface area (Å²) < 4.78 is 0. The van der Waals surface area contributed by atoms with E-state index in [0.717, 1.165) is 51.2 Å². The highest BCUT2D eigenvalue weighted by Crippen LogP contribution is 2.29. The smallest absolute Gasteiger partial charge is 0.223 e. The second-order valence-electron chi connectivity index (χ2n) is 7.62. The normalized spacial score (nSPS) is 25.6. The molecule has 3 atom stereocenters. The third-order valence-electron chi connectivity index (χ3n) is 5.69. The molecule has 1 aliphatic carbocycles. The lowest BCUT2D eigenvalue weighted by Crippen LogP contribution is -2.44. The molecule has 3 rings (SSSR count). The van der Waals surface area contributed by atoms with Crippen molar-refractivity contribution in [1.82, 2.24) is 10.2 Å². The molecule has 1 aromatic rings. The van der Waals surface area contributed by atoms with Crippen LogP contribution in [0.5, 0.6) is 0 Å². The van der Waals surface area contributed by atoms with E-state index in [4.69, 9.17) is 5.73 Å². The van der Waals surface area contributed by atoms with Crippen LogP contribution in [-0.4, -0.2) is 36.5 Å². The number of halogens is 2. The number of nitrogens with two attached hydrogens (primary N) is 1. The number of thiophene rings is 1. The van der Waals surface area contributed by atoms with Crippen molar-refractivity contribution in [3.05, 3.63) is 22.4 Å². The number of carbonyl (C=O) groups is 1. The van der Waals surface area contributed by atoms with E-state index < -0.39 is 0 Å². The standard InChI is InChI=1S/C19H31N3OS.2ClH/c1-14-7-9-22(10-8-14)17(18-6-3-11-24-18)13-21-19(23)15-4-2-5-16(20)12-15;;/h3,6,11,14-17H,2,4-5,7-10,12-13,20H2,1H3,(H,21,23);2*1H. The summed E-state index contributed by atoms with van der Waals surface area (Å²) in [5.74, 6) is 1.14. The monoisotopic (exact) mass is 421 g/mol. The van der Waals surface area contributed by atoms with Crippen LogP contribution in [0.2, 0.25) is 0 Å². The Labute approximate surface area is 174 Å². The molecule has 1 saturated carbocycles. The fourth-order valence-corrected chi connectivity index (χ4v) is 4.90. The summed E-state index contributed by atoms with van der Waals surface area (Å²) in [6.45, 7) is 5.33. The van der Waals surface area contributed by atoms with Gasteiger partial charge in [0.25, 0.3) is 0 Å². The van der Waals surface area contributed by atoms with Gasteiger partial charge in [0.05, 0.1) is 6.04 Å². The minimum Gasteiger partial charge on any atom is -0.354 e. The van der Waals surface area contributed by atoms with E-state index in [1.165, 1.54) is 17.7 Å². The van der Waals surface area contributed by atoms with Gasteiger partial charge in [0.2, 0.25) is 5.91 Å². The molecule has 4 nitrogen and oxygen atoms in total. The first-order valence-corrected chi connectivity index (χ1v) is 10.3. The van der Waals surface area contributed by atoms with Crippen molar-refractivity contribution in [1.29, 1.82) is 0 Å². The largest absolute Gasteiger partial charge is 0.354 e. The van der Waals surface area contributed by atoms with Crippen LogP contribution in [0.3, 0.4) is 0 Å². The predicted molar refractivity (Wildman–Crippen MR) is 114 cm³/mol. The van der Waals surface area contributed by atoms with Crippen LogP contribution >= 0.6 is 36.2 Å². The van der Waals surface area contributed by atoms with Gasteiger partial charge >= 0.3 is 0 Å². The highest BCUT2D eigenvalue weighted by Gasteiger charge is 2.28. The van der Waals surface area contributed by atoms with Gasteiger partial charge in [0.15, 0.2) is 0 Å². The molecule has 150 valence electrons. The average molecular weight is 422 g/mol. The molecule has 0 bridgehead atoms. The summed E-state index contributed by atoms with van der Waals surface area (Å²) in [4.78, 5) is 16.5. The average Bonchev–Trinajstić information content (AvgIpc) is 3.11. The molecule has 3 N–H and O–H groups in total. The van der Waals surface area contributed by atoms with E-state index in [-0.39, 0.29) is 42.7 Å². The van der Waals surface area contributed by atoms with Crippen LogP contribution in [0.25, 0.3) is 0 Å². The van der Waals surface area contributed by atoms with E-state index in [1.807, 2.05) is 0 Å². The maximum absolute atomic E-state index is 12.6. The maximum Gasteiger partial charge on any atom is 0.223 e. The second kappa shape index (κ2) is 11.5.